The van der Waals surface area contributed by atoms with E-state index in [0.29, 0.717) is 6.54 Å². The van der Waals surface area contributed by atoms with E-state index < -0.39 is 0 Å². The number of nitrogens with one attached hydrogen (secondary N) is 1. The van der Waals surface area contributed by atoms with E-state index in [9.17, 15) is 9.59 Å². The standard InChI is InChI=1S/C9H17N5O2/c1-4-14(9(16)5-11-13-10)6-8(15)12-7(2)3/h7H,4-6H2,1-3H3,(H,12,15). The number of amides is 2. The molecule has 0 aromatic rings. The lowest BCUT2D eigenvalue weighted by molar-refractivity contribution is -0.134. The van der Waals surface area contributed by atoms with Gasteiger partial charge in [-0.05, 0) is 26.3 Å². The minimum Gasteiger partial charge on any atom is -0.352 e. The molecule has 0 radical (unpaired) electrons. The zero-order valence-electron chi connectivity index (χ0n) is 9.80. The van der Waals surface area contributed by atoms with Gasteiger partial charge in [-0.25, -0.2) is 0 Å². The summed E-state index contributed by atoms with van der Waals surface area (Å²) in [6, 6.07) is 0.0402. The van der Waals surface area contributed by atoms with Gasteiger partial charge in [-0.2, -0.15) is 0 Å². The van der Waals surface area contributed by atoms with Crippen LogP contribution in [0.4, 0.5) is 0 Å². The van der Waals surface area contributed by atoms with Gasteiger partial charge in [0, 0.05) is 17.5 Å². The second kappa shape index (κ2) is 7.53. The van der Waals surface area contributed by atoms with E-state index in [1.807, 2.05) is 13.8 Å². The van der Waals surface area contributed by atoms with Gasteiger partial charge in [0.05, 0.1) is 6.54 Å². The molecule has 7 nitrogen and oxygen atoms in total. The second-order valence-corrected chi connectivity index (χ2v) is 3.52. The first kappa shape index (κ1) is 14.2. The molecule has 0 unspecified atom stereocenters. The minimum atomic E-state index is -0.348. The van der Waals surface area contributed by atoms with Crippen molar-refractivity contribution in [3.63, 3.8) is 0 Å². The molecule has 0 aromatic heterocycles. The molecule has 90 valence electrons. The van der Waals surface area contributed by atoms with E-state index in [1.54, 1.807) is 6.92 Å². The Balaban J connectivity index is 4.23. The van der Waals surface area contributed by atoms with Gasteiger partial charge in [-0.1, -0.05) is 5.11 Å². The molecule has 0 rings (SSSR count). The number of rotatable bonds is 6. The second-order valence-electron chi connectivity index (χ2n) is 3.52. The molecule has 16 heavy (non-hydrogen) atoms. The highest BCUT2D eigenvalue weighted by atomic mass is 16.2. The largest absolute Gasteiger partial charge is 0.352 e. The Bertz CT molecular complexity index is 296. The Kier molecular flexibility index (Phi) is 6.71. The summed E-state index contributed by atoms with van der Waals surface area (Å²) in [5.41, 5.74) is 8.08. The molecule has 0 aliphatic carbocycles. The van der Waals surface area contributed by atoms with Crippen molar-refractivity contribution in [2.24, 2.45) is 5.11 Å². The van der Waals surface area contributed by atoms with E-state index in [4.69, 9.17) is 5.53 Å². The molecule has 2 amide bonds. The van der Waals surface area contributed by atoms with Crippen LogP contribution in [-0.2, 0) is 9.59 Å². The fourth-order valence-electron chi connectivity index (χ4n) is 1.11. The van der Waals surface area contributed by atoms with E-state index >= 15 is 0 Å². The maximum atomic E-state index is 11.4. The maximum Gasteiger partial charge on any atom is 0.239 e. The molecular weight excluding hydrogens is 210 g/mol. The summed E-state index contributed by atoms with van der Waals surface area (Å²) in [6.07, 6.45) is 0. The van der Waals surface area contributed by atoms with Gasteiger partial charge >= 0.3 is 0 Å². The summed E-state index contributed by atoms with van der Waals surface area (Å²) < 4.78 is 0. The average Bonchev–Trinajstić information content (AvgIpc) is 2.21. The van der Waals surface area contributed by atoms with Crippen LogP contribution in [0.2, 0.25) is 0 Å². The molecule has 0 saturated carbocycles. The van der Waals surface area contributed by atoms with Gasteiger partial charge < -0.3 is 10.2 Å². The molecule has 0 bridgehead atoms. The maximum absolute atomic E-state index is 11.4. The van der Waals surface area contributed by atoms with Crippen LogP contribution in [0, 0.1) is 0 Å². The first-order valence-corrected chi connectivity index (χ1v) is 5.09. The Hall–Kier alpha value is -1.75. The van der Waals surface area contributed by atoms with Crippen LogP contribution < -0.4 is 5.32 Å². The van der Waals surface area contributed by atoms with Crippen molar-refractivity contribution < 1.29 is 9.59 Å². The summed E-state index contributed by atoms with van der Waals surface area (Å²) in [5.74, 6) is -0.564. The van der Waals surface area contributed by atoms with E-state index in [-0.39, 0.29) is 30.9 Å². The summed E-state index contributed by atoms with van der Waals surface area (Å²) in [7, 11) is 0. The zero-order valence-corrected chi connectivity index (χ0v) is 9.80. The number of hydrogen-bond acceptors (Lipinski definition) is 3. The van der Waals surface area contributed by atoms with E-state index in [0.717, 1.165) is 0 Å². The lowest BCUT2D eigenvalue weighted by Crippen LogP contribution is -2.43. The van der Waals surface area contributed by atoms with Gasteiger partial charge in [0.25, 0.3) is 0 Å². The van der Waals surface area contributed by atoms with E-state index in [1.165, 1.54) is 4.90 Å². The molecule has 1 N–H and O–H groups in total. The third-order valence-electron chi connectivity index (χ3n) is 1.79. The molecule has 0 aliphatic heterocycles. The minimum absolute atomic E-state index is 0.00549. The Morgan fingerprint density at radius 1 is 1.50 bits per heavy atom. The van der Waals surface area contributed by atoms with Crippen LogP contribution in [0.25, 0.3) is 10.4 Å². The van der Waals surface area contributed by atoms with Crippen molar-refractivity contribution in [2.45, 2.75) is 26.8 Å². The monoisotopic (exact) mass is 227 g/mol. The number of carbonyl (C=O) groups is 2. The molecule has 0 spiro atoms. The van der Waals surface area contributed by atoms with Crippen molar-refractivity contribution >= 4 is 11.8 Å². The summed E-state index contributed by atoms with van der Waals surface area (Å²) in [5, 5.41) is 5.85. The summed E-state index contributed by atoms with van der Waals surface area (Å²) in [4.78, 5) is 26.7. The highest BCUT2D eigenvalue weighted by molar-refractivity contribution is 5.85. The molecule has 0 fully saturated rings. The Morgan fingerprint density at radius 2 is 2.12 bits per heavy atom. The number of azide groups is 1. The lowest BCUT2D eigenvalue weighted by Gasteiger charge is -2.20. The predicted octanol–water partition coefficient (Wildman–Crippen LogP) is 0.670. The van der Waals surface area contributed by atoms with Crippen LogP contribution in [0.3, 0.4) is 0 Å². The highest BCUT2D eigenvalue weighted by Crippen LogP contribution is 1.91. The molecule has 0 aliphatic rings. The average molecular weight is 227 g/mol. The zero-order chi connectivity index (χ0) is 12.6. The first-order valence-electron chi connectivity index (χ1n) is 5.09. The fraction of sp³-hybridized carbons (Fsp3) is 0.778. The van der Waals surface area contributed by atoms with Crippen molar-refractivity contribution in [2.75, 3.05) is 19.6 Å². The molecule has 0 atom stereocenters. The van der Waals surface area contributed by atoms with E-state index in [2.05, 4.69) is 15.3 Å². The normalized spacial score (nSPS) is 9.50. The summed E-state index contributed by atoms with van der Waals surface area (Å²) in [6.45, 7) is 5.60. The van der Waals surface area contributed by atoms with Crippen molar-refractivity contribution in [1.29, 1.82) is 0 Å². The fourth-order valence-corrected chi connectivity index (χ4v) is 1.11. The first-order chi connectivity index (χ1) is 7.51. The molecular formula is C9H17N5O2. The molecule has 7 heteroatoms. The SMILES string of the molecule is CCN(CC(=O)NC(C)C)C(=O)CN=[N+]=[N-]. The van der Waals surface area contributed by atoms with Gasteiger partial charge in [0.1, 0.15) is 6.54 Å². The van der Waals surface area contributed by atoms with Crippen LogP contribution in [0.1, 0.15) is 20.8 Å². The Labute approximate surface area is 94.4 Å². The van der Waals surface area contributed by atoms with Gasteiger partial charge in [-0.3, -0.25) is 9.59 Å². The van der Waals surface area contributed by atoms with Crippen LogP contribution in [0.15, 0.2) is 5.11 Å². The molecule has 0 heterocycles. The smallest absolute Gasteiger partial charge is 0.239 e. The van der Waals surface area contributed by atoms with Crippen molar-refractivity contribution in [3.05, 3.63) is 10.4 Å². The number of carbonyl (C=O) groups excluding carboxylic acids is 2. The van der Waals surface area contributed by atoms with Gasteiger partial charge in [0.2, 0.25) is 11.8 Å². The van der Waals surface area contributed by atoms with Crippen LogP contribution in [-0.4, -0.2) is 42.4 Å². The lowest BCUT2D eigenvalue weighted by atomic mass is 10.3. The van der Waals surface area contributed by atoms with Crippen molar-refractivity contribution in [1.82, 2.24) is 10.2 Å². The molecule has 0 aromatic carbocycles. The topological polar surface area (TPSA) is 98.2 Å². The van der Waals surface area contributed by atoms with Crippen LogP contribution >= 0.6 is 0 Å². The number of likely N-dealkylation sites (N-methyl/N-ethyl adjacent to an activating group) is 1. The number of hydrogen-bond donors (Lipinski definition) is 1. The molecule has 0 saturated heterocycles. The summed E-state index contributed by atoms with van der Waals surface area (Å²) >= 11 is 0. The third-order valence-corrected chi connectivity index (χ3v) is 1.79. The quantitative estimate of drug-likeness (QED) is 0.410. The highest BCUT2D eigenvalue weighted by Gasteiger charge is 2.14. The van der Waals surface area contributed by atoms with Crippen LogP contribution in [0.5, 0.6) is 0 Å². The predicted molar refractivity (Wildman–Crippen MR) is 59.5 cm³/mol. The number of nitrogens with zero attached hydrogens (tertiary/aromatic N) is 4. The van der Waals surface area contributed by atoms with Gasteiger partial charge in [-0.15, -0.1) is 0 Å². The third kappa shape index (κ3) is 5.87. The van der Waals surface area contributed by atoms with Crippen molar-refractivity contribution in [3.8, 4) is 0 Å². The Morgan fingerprint density at radius 3 is 2.56 bits per heavy atom. The van der Waals surface area contributed by atoms with Gasteiger partial charge in [0.15, 0.2) is 0 Å².